The van der Waals surface area contributed by atoms with Gasteiger partial charge in [-0.1, -0.05) is 35.3 Å². The van der Waals surface area contributed by atoms with Crippen molar-refractivity contribution >= 4 is 44.8 Å². The van der Waals surface area contributed by atoms with E-state index in [-0.39, 0.29) is 34.7 Å². The number of sulfone groups is 1. The zero-order valence-corrected chi connectivity index (χ0v) is 17.2. The first-order valence-electron chi connectivity index (χ1n) is 8.67. The minimum Gasteiger partial charge on any atom is -0.314 e. The molecule has 2 aromatic carbocycles. The van der Waals surface area contributed by atoms with Crippen LogP contribution in [0.5, 0.6) is 0 Å². The fourth-order valence-electron chi connectivity index (χ4n) is 3.85. The number of rotatable bonds is 3. The summed E-state index contributed by atoms with van der Waals surface area (Å²) in [6.45, 7) is 1.74. The number of benzene rings is 2. The number of aryl methyl sites for hydroxylation is 1. The van der Waals surface area contributed by atoms with E-state index >= 15 is 0 Å². The highest BCUT2D eigenvalue weighted by atomic mass is 35.5. The van der Waals surface area contributed by atoms with Gasteiger partial charge in [0.25, 0.3) is 0 Å². The van der Waals surface area contributed by atoms with Crippen LogP contribution in [-0.4, -0.2) is 42.9 Å². The summed E-state index contributed by atoms with van der Waals surface area (Å²) in [5.74, 6) is -0.836. The van der Waals surface area contributed by atoms with Gasteiger partial charge in [-0.25, -0.2) is 17.6 Å². The molecule has 0 unspecified atom stereocenters. The summed E-state index contributed by atoms with van der Waals surface area (Å²) < 4.78 is 38.9. The number of urea groups is 1. The average molecular weight is 443 g/mol. The van der Waals surface area contributed by atoms with Crippen LogP contribution in [0.2, 0.25) is 10.0 Å². The second-order valence-corrected chi connectivity index (χ2v) is 10.1. The summed E-state index contributed by atoms with van der Waals surface area (Å²) in [4.78, 5) is 16.1. The molecule has 2 aliphatic rings. The Hall–Kier alpha value is -1.83. The van der Waals surface area contributed by atoms with Gasteiger partial charge in [0.15, 0.2) is 9.84 Å². The third-order valence-electron chi connectivity index (χ3n) is 5.30. The Kier molecular flexibility index (Phi) is 4.80. The van der Waals surface area contributed by atoms with Crippen molar-refractivity contribution in [1.82, 2.24) is 4.90 Å². The second kappa shape index (κ2) is 6.90. The third kappa shape index (κ3) is 3.25. The first-order chi connectivity index (χ1) is 13.2. The summed E-state index contributed by atoms with van der Waals surface area (Å²) in [7, 11) is -3.33. The quantitative estimate of drug-likeness (QED) is 0.673. The van der Waals surface area contributed by atoms with Crippen LogP contribution in [0.4, 0.5) is 14.9 Å². The molecule has 0 N–H and O–H groups in total. The summed E-state index contributed by atoms with van der Waals surface area (Å²) >= 11 is 12.3. The van der Waals surface area contributed by atoms with Gasteiger partial charge in [-0.05, 0) is 36.8 Å². The van der Waals surface area contributed by atoms with Crippen LogP contribution in [-0.2, 0) is 16.4 Å². The summed E-state index contributed by atoms with van der Waals surface area (Å²) in [6, 6.07) is 7.94. The molecule has 2 fully saturated rings. The molecule has 2 amide bonds. The van der Waals surface area contributed by atoms with Gasteiger partial charge in [0.2, 0.25) is 0 Å². The van der Waals surface area contributed by atoms with Crippen molar-refractivity contribution in [3.8, 4) is 0 Å². The molecular weight excluding hydrogens is 426 g/mol. The van der Waals surface area contributed by atoms with Crippen LogP contribution >= 0.6 is 23.2 Å². The van der Waals surface area contributed by atoms with Gasteiger partial charge >= 0.3 is 6.03 Å². The van der Waals surface area contributed by atoms with Crippen LogP contribution < -0.4 is 4.90 Å². The molecular formula is C19H17Cl2FN2O3S. The molecule has 0 spiro atoms. The van der Waals surface area contributed by atoms with E-state index in [1.807, 2.05) is 6.92 Å². The number of hydrogen-bond acceptors (Lipinski definition) is 3. The van der Waals surface area contributed by atoms with Crippen molar-refractivity contribution in [3.05, 3.63) is 63.4 Å². The Morgan fingerprint density at radius 2 is 1.82 bits per heavy atom. The molecule has 9 heteroatoms. The number of hydrogen-bond donors (Lipinski definition) is 0. The molecule has 2 aromatic rings. The van der Waals surface area contributed by atoms with E-state index < -0.39 is 27.7 Å². The number of amides is 2. The maximum absolute atomic E-state index is 14.3. The minimum absolute atomic E-state index is 0.100. The van der Waals surface area contributed by atoms with Crippen LogP contribution in [0.25, 0.3) is 0 Å². The standard InChI is InChI=1S/C19H17Cl2FN2O3S/c1-11-5-6-12(7-15(11)21)24-18-10-28(26,27)9-17(18)23(19(24)25)8-13-14(20)3-2-4-16(13)22/h2-7,17-18H,8-10H2,1H3/t17-,18-/m0/s1. The van der Waals surface area contributed by atoms with Crippen molar-refractivity contribution in [2.75, 3.05) is 16.4 Å². The molecule has 2 atom stereocenters. The molecule has 148 valence electrons. The Morgan fingerprint density at radius 3 is 2.50 bits per heavy atom. The molecule has 0 bridgehead atoms. The van der Waals surface area contributed by atoms with E-state index in [2.05, 4.69) is 0 Å². The van der Waals surface area contributed by atoms with Crippen LogP contribution in [0.1, 0.15) is 11.1 Å². The predicted molar refractivity (Wildman–Crippen MR) is 107 cm³/mol. The highest BCUT2D eigenvalue weighted by Gasteiger charge is 2.54. The lowest BCUT2D eigenvalue weighted by atomic mass is 10.1. The smallest absolute Gasteiger partial charge is 0.314 e. The molecule has 0 radical (unpaired) electrons. The third-order valence-corrected chi connectivity index (χ3v) is 7.76. The lowest BCUT2D eigenvalue weighted by molar-refractivity contribution is 0.205. The van der Waals surface area contributed by atoms with E-state index in [1.54, 1.807) is 24.3 Å². The highest BCUT2D eigenvalue weighted by Crippen LogP contribution is 2.38. The lowest BCUT2D eigenvalue weighted by Gasteiger charge is -2.23. The van der Waals surface area contributed by atoms with E-state index in [4.69, 9.17) is 23.2 Å². The van der Waals surface area contributed by atoms with Crippen molar-refractivity contribution in [3.63, 3.8) is 0 Å². The van der Waals surface area contributed by atoms with Crippen LogP contribution in [0, 0.1) is 12.7 Å². The number of halogens is 3. The molecule has 5 nitrogen and oxygen atoms in total. The van der Waals surface area contributed by atoms with Crippen molar-refractivity contribution in [2.24, 2.45) is 0 Å². The van der Waals surface area contributed by atoms with Crippen molar-refractivity contribution in [1.29, 1.82) is 0 Å². The van der Waals surface area contributed by atoms with E-state index in [9.17, 15) is 17.6 Å². The Morgan fingerprint density at radius 1 is 1.11 bits per heavy atom. The average Bonchev–Trinajstić information content (AvgIpc) is 3.04. The number of fused-ring (bicyclic) bond motifs is 1. The molecule has 2 aliphatic heterocycles. The SMILES string of the molecule is Cc1ccc(N2C(=O)N(Cc3c(F)cccc3Cl)[C@H]3CS(=O)(=O)C[C@@H]32)cc1Cl. The second-order valence-electron chi connectivity index (χ2n) is 7.13. The van der Waals surface area contributed by atoms with Crippen molar-refractivity contribution in [2.45, 2.75) is 25.6 Å². The largest absolute Gasteiger partial charge is 0.325 e. The summed E-state index contributed by atoms with van der Waals surface area (Å²) in [5.41, 5.74) is 1.54. The first-order valence-corrected chi connectivity index (χ1v) is 11.2. The first kappa shape index (κ1) is 19.5. The van der Waals surface area contributed by atoms with Gasteiger partial charge in [0, 0.05) is 21.3 Å². The van der Waals surface area contributed by atoms with Gasteiger partial charge in [-0.15, -0.1) is 0 Å². The zero-order valence-electron chi connectivity index (χ0n) is 14.9. The maximum Gasteiger partial charge on any atom is 0.325 e. The summed E-state index contributed by atoms with van der Waals surface area (Å²) in [5, 5.41) is 0.681. The Bertz CT molecular complexity index is 1060. The summed E-state index contributed by atoms with van der Waals surface area (Å²) in [6.07, 6.45) is 0. The number of carbonyl (C=O) groups excluding carboxylic acids is 1. The van der Waals surface area contributed by atoms with Crippen LogP contribution in [0.3, 0.4) is 0 Å². The predicted octanol–water partition coefficient (Wildman–Crippen LogP) is 4.05. The molecule has 28 heavy (non-hydrogen) atoms. The van der Waals surface area contributed by atoms with E-state index in [0.717, 1.165) is 5.56 Å². The van der Waals surface area contributed by atoms with Gasteiger partial charge < -0.3 is 4.90 Å². The minimum atomic E-state index is -3.33. The Balaban J connectivity index is 1.75. The number of anilines is 1. The molecule has 0 aromatic heterocycles. The number of carbonyl (C=O) groups is 1. The van der Waals surface area contributed by atoms with Gasteiger partial charge in [-0.3, -0.25) is 4.90 Å². The van der Waals surface area contributed by atoms with Crippen LogP contribution in [0.15, 0.2) is 36.4 Å². The lowest BCUT2D eigenvalue weighted by Crippen LogP contribution is -2.37. The topological polar surface area (TPSA) is 57.7 Å². The fraction of sp³-hybridized carbons (Fsp3) is 0.316. The molecule has 0 saturated carbocycles. The number of nitrogens with zero attached hydrogens (tertiary/aromatic N) is 2. The normalized spacial score (nSPS) is 23.4. The molecule has 2 heterocycles. The molecule has 2 saturated heterocycles. The van der Waals surface area contributed by atoms with Gasteiger partial charge in [0.1, 0.15) is 5.82 Å². The van der Waals surface area contributed by atoms with Gasteiger partial charge in [-0.2, -0.15) is 0 Å². The highest BCUT2D eigenvalue weighted by molar-refractivity contribution is 7.91. The Labute approximate surface area is 172 Å². The fourth-order valence-corrected chi connectivity index (χ4v) is 6.20. The zero-order chi connectivity index (χ0) is 20.2. The molecule has 0 aliphatic carbocycles. The van der Waals surface area contributed by atoms with E-state index in [0.29, 0.717) is 10.7 Å². The molecule has 4 rings (SSSR count). The van der Waals surface area contributed by atoms with E-state index in [1.165, 1.54) is 21.9 Å². The van der Waals surface area contributed by atoms with Gasteiger partial charge in [0.05, 0.1) is 30.1 Å². The monoisotopic (exact) mass is 442 g/mol. The van der Waals surface area contributed by atoms with Crippen molar-refractivity contribution < 1.29 is 17.6 Å². The maximum atomic E-state index is 14.3.